The van der Waals surface area contributed by atoms with Crippen LogP contribution in [0.25, 0.3) is 44.3 Å². The molecular formula is C42H38N8O2. The normalized spacial score (nSPS) is 17.4. The Morgan fingerprint density at radius 2 is 1.02 bits per heavy atom. The minimum Gasteiger partial charge on any atom is -0.340 e. The zero-order valence-electron chi connectivity index (χ0n) is 28.7. The average molecular weight is 687 g/mol. The van der Waals surface area contributed by atoms with Crippen molar-refractivity contribution in [3.8, 4) is 22.3 Å². The molecule has 0 bridgehead atoms. The van der Waals surface area contributed by atoms with E-state index in [9.17, 15) is 9.59 Å². The zero-order chi connectivity index (χ0) is 35.0. The van der Waals surface area contributed by atoms with Crippen molar-refractivity contribution in [3.63, 3.8) is 0 Å². The number of H-pyrrole nitrogens is 2. The van der Waals surface area contributed by atoms with E-state index < -0.39 is 0 Å². The van der Waals surface area contributed by atoms with E-state index in [-0.39, 0.29) is 23.9 Å². The highest BCUT2D eigenvalue weighted by atomic mass is 16.2. The van der Waals surface area contributed by atoms with E-state index in [0.717, 1.165) is 106 Å². The molecule has 2 N–H and O–H groups in total. The number of hydrogen-bond acceptors (Lipinski definition) is 6. The van der Waals surface area contributed by atoms with Crippen LogP contribution in [0.4, 0.5) is 0 Å². The number of nitrogens with one attached hydrogen (secondary N) is 2. The molecule has 2 aliphatic rings. The van der Waals surface area contributed by atoms with Crippen LogP contribution < -0.4 is 0 Å². The fourth-order valence-corrected chi connectivity index (χ4v) is 7.80. The number of rotatable bonds is 8. The van der Waals surface area contributed by atoms with Gasteiger partial charge in [-0.3, -0.25) is 19.6 Å². The molecule has 258 valence electrons. The maximum absolute atomic E-state index is 13.2. The maximum Gasteiger partial charge on any atom is 0.229 e. The summed E-state index contributed by atoms with van der Waals surface area (Å²) in [5.41, 5.74) is 9.63. The number of pyridine rings is 2. The Kier molecular flexibility index (Phi) is 8.27. The van der Waals surface area contributed by atoms with Gasteiger partial charge in [-0.1, -0.05) is 48.5 Å². The molecular weight excluding hydrogens is 649 g/mol. The number of benzene rings is 3. The Hall–Kier alpha value is -6.16. The lowest BCUT2D eigenvalue weighted by atomic mass is 10.00. The summed E-state index contributed by atoms with van der Waals surface area (Å²) in [6.07, 6.45) is 7.73. The lowest BCUT2D eigenvalue weighted by molar-refractivity contribution is -0.132. The molecule has 7 aromatic rings. The van der Waals surface area contributed by atoms with E-state index in [1.165, 1.54) is 0 Å². The first-order chi connectivity index (χ1) is 25.6. The first-order valence-corrected chi connectivity index (χ1v) is 18.0. The van der Waals surface area contributed by atoms with Gasteiger partial charge < -0.3 is 19.8 Å². The van der Waals surface area contributed by atoms with Crippen molar-refractivity contribution in [1.82, 2.24) is 39.7 Å². The quantitative estimate of drug-likeness (QED) is 0.172. The summed E-state index contributed by atoms with van der Waals surface area (Å²) in [6, 6.07) is 32.4. The van der Waals surface area contributed by atoms with Gasteiger partial charge in [-0.15, -0.1) is 0 Å². The van der Waals surface area contributed by atoms with Crippen molar-refractivity contribution in [1.29, 1.82) is 0 Å². The van der Waals surface area contributed by atoms with Crippen LogP contribution in [0, 0.1) is 0 Å². The topological polar surface area (TPSA) is 124 Å². The van der Waals surface area contributed by atoms with Crippen LogP contribution in [0.15, 0.2) is 109 Å². The van der Waals surface area contributed by atoms with Gasteiger partial charge in [0.25, 0.3) is 0 Å². The van der Waals surface area contributed by atoms with Gasteiger partial charge in [0, 0.05) is 36.9 Å². The van der Waals surface area contributed by atoms with E-state index in [1.54, 1.807) is 12.4 Å². The van der Waals surface area contributed by atoms with Crippen molar-refractivity contribution in [2.24, 2.45) is 0 Å². The van der Waals surface area contributed by atoms with E-state index >= 15 is 0 Å². The number of aromatic amines is 2. The van der Waals surface area contributed by atoms with Crippen LogP contribution in [0.1, 0.15) is 60.8 Å². The van der Waals surface area contributed by atoms with Crippen molar-refractivity contribution < 1.29 is 9.59 Å². The molecule has 2 aliphatic heterocycles. The van der Waals surface area contributed by atoms with E-state index in [0.29, 0.717) is 12.8 Å². The van der Waals surface area contributed by atoms with Crippen LogP contribution in [-0.4, -0.2) is 64.6 Å². The van der Waals surface area contributed by atoms with Gasteiger partial charge in [0.2, 0.25) is 11.8 Å². The molecule has 0 radical (unpaired) electrons. The fraction of sp³-hybridized carbons (Fsp3) is 0.238. The zero-order valence-corrected chi connectivity index (χ0v) is 28.7. The molecule has 0 aliphatic carbocycles. The summed E-state index contributed by atoms with van der Waals surface area (Å²) in [6.45, 7) is 1.46. The summed E-state index contributed by atoms with van der Waals surface area (Å²) in [5, 5.41) is 0. The molecule has 2 amide bonds. The Morgan fingerprint density at radius 3 is 1.44 bits per heavy atom. The molecule has 52 heavy (non-hydrogen) atoms. The predicted octanol–water partition coefficient (Wildman–Crippen LogP) is 7.38. The van der Waals surface area contributed by atoms with Gasteiger partial charge in [0.1, 0.15) is 11.6 Å². The van der Waals surface area contributed by atoms with Gasteiger partial charge in [-0.25, -0.2) is 9.97 Å². The average Bonchev–Trinajstić information content (AvgIpc) is 4.00. The summed E-state index contributed by atoms with van der Waals surface area (Å²) < 4.78 is 0. The number of fused-ring (bicyclic) bond motifs is 2. The maximum atomic E-state index is 13.2. The van der Waals surface area contributed by atoms with Gasteiger partial charge in [0.15, 0.2) is 0 Å². The highest BCUT2D eigenvalue weighted by Gasteiger charge is 2.33. The highest BCUT2D eigenvalue weighted by Crippen LogP contribution is 2.35. The molecule has 0 spiro atoms. The minimum atomic E-state index is -0.0638. The lowest BCUT2D eigenvalue weighted by Crippen LogP contribution is -2.32. The molecule has 2 fully saturated rings. The smallest absolute Gasteiger partial charge is 0.229 e. The molecule has 0 saturated carbocycles. The number of aromatic nitrogens is 6. The standard InChI is InChI=1S/C42H38N8O2/c51-39(25-31-7-1-3-19-43-31)49-21-5-9-37(49)41-45-33-17-15-29(23-35(33)47-41)27-11-13-28(14-12-27)30-16-18-34-36(24-30)48-42(46-34)38-10-6-22-50(38)40(52)26-32-8-2-4-20-44-32/h1-4,7-8,11-20,23-24,37-38H,5-6,9-10,21-22,25-26H2,(H,45,47)(H,46,48)/t37-,38-/m0/s1. The van der Waals surface area contributed by atoms with Gasteiger partial charge in [-0.2, -0.15) is 0 Å². The number of nitrogens with zero attached hydrogens (tertiary/aromatic N) is 6. The first kappa shape index (κ1) is 31.8. The second-order valence-corrected chi connectivity index (χ2v) is 13.8. The largest absolute Gasteiger partial charge is 0.340 e. The van der Waals surface area contributed by atoms with Crippen LogP contribution >= 0.6 is 0 Å². The van der Waals surface area contributed by atoms with Gasteiger partial charge in [-0.05, 0) is 96.5 Å². The minimum absolute atomic E-state index is 0.0638. The van der Waals surface area contributed by atoms with Crippen LogP contribution in [0.2, 0.25) is 0 Å². The number of carbonyl (C=O) groups is 2. The highest BCUT2D eigenvalue weighted by molar-refractivity contribution is 5.85. The number of likely N-dealkylation sites (tertiary alicyclic amines) is 2. The molecule has 2 atom stereocenters. The van der Waals surface area contributed by atoms with Crippen molar-refractivity contribution >= 4 is 33.9 Å². The molecule has 10 heteroatoms. The van der Waals surface area contributed by atoms with Gasteiger partial charge >= 0.3 is 0 Å². The number of carbonyl (C=O) groups excluding carboxylic acids is 2. The monoisotopic (exact) mass is 686 g/mol. The number of amides is 2. The van der Waals surface area contributed by atoms with Crippen molar-refractivity contribution in [2.45, 2.75) is 50.6 Å². The molecule has 4 aromatic heterocycles. The Morgan fingerprint density at radius 1 is 0.577 bits per heavy atom. The second-order valence-electron chi connectivity index (χ2n) is 13.8. The van der Waals surface area contributed by atoms with E-state index in [4.69, 9.17) is 9.97 Å². The number of hydrogen-bond donors (Lipinski definition) is 2. The third-order valence-electron chi connectivity index (χ3n) is 10.4. The molecule has 3 aromatic carbocycles. The summed E-state index contributed by atoms with van der Waals surface area (Å²) in [7, 11) is 0. The third kappa shape index (κ3) is 6.21. The van der Waals surface area contributed by atoms with E-state index in [1.807, 2.05) is 46.2 Å². The summed E-state index contributed by atoms with van der Waals surface area (Å²) in [4.78, 5) is 55.9. The Bertz CT molecular complexity index is 2220. The third-order valence-corrected chi connectivity index (χ3v) is 10.4. The second kappa shape index (κ2) is 13.5. The molecule has 10 nitrogen and oxygen atoms in total. The number of imidazole rings is 2. The van der Waals surface area contributed by atoms with Crippen LogP contribution in [0.5, 0.6) is 0 Å². The van der Waals surface area contributed by atoms with E-state index in [2.05, 4.69) is 80.6 Å². The van der Waals surface area contributed by atoms with Gasteiger partial charge in [0.05, 0.1) is 47.0 Å². The predicted molar refractivity (Wildman–Crippen MR) is 200 cm³/mol. The molecule has 2 saturated heterocycles. The first-order valence-electron chi connectivity index (χ1n) is 18.0. The molecule has 0 unspecified atom stereocenters. The van der Waals surface area contributed by atoms with Crippen LogP contribution in [0.3, 0.4) is 0 Å². The Balaban J connectivity index is 0.902. The van der Waals surface area contributed by atoms with Crippen molar-refractivity contribution in [2.75, 3.05) is 13.1 Å². The molecule has 9 rings (SSSR count). The lowest BCUT2D eigenvalue weighted by Gasteiger charge is -2.23. The Labute approximate surface area is 301 Å². The van der Waals surface area contributed by atoms with Crippen LogP contribution in [-0.2, 0) is 22.4 Å². The summed E-state index contributed by atoms with van der Waals surface area (Å²) >= 11 is 0. The molecule has 6 heterocycles. The fourth-order valence-electron chi connectivity index (χ4n) is 7.80. The van der Waals surface area contributed by atoms with Crippen molar-refractivity contribution in [3.05, 3.63) is 132 Å². The summed E-state index contributed by atoms with van der Waals surface area (Å²) in [5.74, 6) is 1.84. The SMILES string of the molecule is O=C(Cc1ccccn1)N1CCC[C@H]1c1nc2cc(-c3ccc(-c4ccc5[nH]c([C@@H]6CCCN6C(=O)Cc6ccccn6)nc5c4)cc3)ccc2[nH]1.